The Morgan fingerprint density at radius 2 is 2.30 bits per heavy atom. The van der Waals surface area contributed by atoms with Crippen molar-refractivity contribution in [3.05, 3.63) is 35.9 Å². The van der Waals surface area contributed by atoms with Gasteiger partial charge in [-0.25, -0.2) is 4.68 Å². The Morgan fingerprint density at radius 1 is 1.50 bits per heavy atom. The van der Waals surface area contributed by atoms with Crippen LogP contribution in [0, 0.1) is 0 Å². The Labute approximate surface area is 116 Å². The van der Waals surface area contributed by atoms with Gasteiger partial charge in [0.25, 0.3) is 0 Å². The van der Waals surface area contributed by atoms with Gasteiger partial charge in [-0.2, -0.15) is 10.1 Å². The van der Waals surface area contributed by atoms with Gasteiger partial charge in [0.05, 0.1) is 13.2 Å². The Balaban J connectivity index is 1.91. The van der Waals surface area contributed by atoms with Gasteiger partial charge in [-0.1, -0.05) is 0 Å². The van der Waals surface area contributed by atoms with E-state index in [1.165, 1.54) is 7.11 Å². The lowest BCUT2D eigenvalue weighted by molar-refractivity contribution is -0.139. The highest BCUT2D eigenvalue weighted by molar-refractivity contribution is 5.71. The van der Waals surface area contributed by atoms with Crippen molar-refractivity contribution >= 4 is 11.9 Å². The molecule has 2 aromatic heterocycles. The highest BCUT2D eigenvalue weighted by Gasteiger charge is 2.24. The number of carbonyl (C=O) groups is 1. The predicted octanol–water partition coefficient (Wildman–Crippen LogP) is 0.794. The number of hydrogen-bond acceptors (Lipinski definition) is 6. The lowest BCUT2D eigenvalue weighted by atomic mass is 10.0. The van der Waals surface area contributed by atoms with Gasteiger partial charge in [-0.05, 0) is 24.1 Å². The first-order valence-electron chi connectivity index (χ1n) is 6.44. The quantitative estimate of drug-likeness (QED) is 0.833. The monoisotopic (exact) mass is 273 g/mol. The number of nitrogens with zero attached hydrogens (tertiary/aromatic N) is 4. The lowest BCUT2D eigenvalue weighted by Gasteiger charge is -2.24. The van der Waals surface area contributed by atoms with E-state index in [9.17, 15) is 4.79 Å². The van der Waals surface area contributed by atoms with Gasteiger partial charge in [-0.15, -0.1) is 0 Å². The molecule has 1 aliphatic rings. The van der Waals surface area contributed by atoms with Crippen molar-refractivity contribution in [3.8, 4) is 0 Å². The topological polar surface area (TPSA) is 81.9 Å². The summed E-state index contributed by atoms with van der Waals surface area (Å²) in [6, 6.07) is 4.07. The summed E-state index contributed by atoms with van der Waals surface area (Å²) in [4.78, 5) is 19.7. The van der Waals surface area contributed by atoms with E-state index < -0.39 is 0 Å². The van der Waals surface area contributed by atoms with Crippen LogP contribution >= 0.6 is 0 Å². The third kappa shape index (κ3) is 2.34. The standard InChI is InChI=1S/C13H15N5O2/c1-20-12(19)8-11-16-13-15-7-4-10(18(13)17-11)9-2-5-14-6-3-9/h2-3,5-6,10H,4,7-8H2,1H3,(H,15,16,17). The summed E-state index contributed by atoms with van der Waals surface area (Å²) in [5.41, 5.74) is 1.14. The van der Waals surface area contributed by atoms with E-state index in [0.717, 1.165) is 18.5 Å². The summed E-state index contributed by atoms with van der Waals surface area (Å²) in [6.07, 6.45) is 4.53. The fourth-order valence-corrected chi connectivity index (χ4v) is 2.32. The van der Waals surface area contributed by atoms with Crippen LogP contribution in [0.15, 0.2) is 24.5 Å². The molecule has 3 rings (SSSR count). The van der Waals surface area contributed by atoms with E-state index in [4.69, 9.17) is 0 Å². The molecular weight excluding hydrogens is 258 g/mol. The molecule has 0 fully saturated rings. The Bertz CT molecular complexity index is 610. The fourth-order valence-electron chi connectivity index (χ4n) is 2.32. The number of aromatic nitrogens is 4. The molecular formula is C13H15N5O2. The minimum Gasteiger partial charge on any atom is -0.469 e. The van der Waals surface area contributed by atoms with Crippen LogP contribution in [0.1, 0.15) is 23.9 Å². The molecule has 0 aliphatic carbocycles. The Hall–Kier alpha value is -2.44. The zero-order valence-electron chi connectivity index (χ0n) is 11.1. The number of esters is 1. The van der Waals surface area contributed by atoms with Crippen molar-refractivity contribution in [2.45, 2.75) is 18.9 Å². The highest BCUT2D eigenvalue weighted by atomic mass is 16.5. The van der Waals surface area contributed by atoms with Crippen molar-refractivity contribution in [1.29, 1.82) is 0 Å². The third-order valence-corrected chi connectivity index (χ3v) is 3.29. The molecule has 1 N–H and O–H groups in total. The predicted molar refractivity (Wildman–Crippen MR) is 71.2 cm³/mol. The molecule has 0 saturated heterocycles. The molecule has 0 saturated carbocycles. The smallest absolute Gasteiger partial charge is 0.313 e. The van der Waals surface area contributed by atoms with Crippen LogP contribution in [-0.4, -0.2) is 39.4 Å². The normalized spacial score (nSPS) is 17.1. The van der Waals surface area contributed by atoms with E-state index >= 15 is 0 Å². The SMILES string of the molecule is COC(=O)Cc1nc2n(n1)C(c1ccncc1)CCN2. The zero-order chi connectivity index (χ0) is 13.9. The van der Waals surface area contributed by atoms with Gasteiger partial charge < -0.3 is 10.1 Å². The molecule has 104 valence electrons. The molecule has 0 spiro atoms. The summed E-state index contributed by atoms with van der Waals surface area (Å²) in [5.74, 6) is 0.825. The average molecular weight is 273 g/mol. The van der Waals surface area contributed by atoms with Crippen LogP contribution in [0.25, 0.3) is 0 Å². The van der Waals surface area contributed by atoms with Crippen LogP contribution in [0.2, 0.25) is 0 Å². The minimum atomic E-state index is -0.339. The summed E-state index contributed by atoms with van der Waals surface area (Å²) >= 11 is 0. The van der Waals surface area contributed by atoms with Gasteiger partial charge in [0.15, 0.2) is 5.82 Å². The number of carbonyl (C=O) groups excluding carboxylic acids is 1. The van der Waals surface area contributed by atoms with Gasteiger partial charge in [0.2, 0.25) is 5.95 Å². The van der Waals surface area contributed by atoms with E-state index in [-0.39, 0.29) is 18.4 Å². The van der Waals surface area contributed by atoms with Crippen LogP contribution in [0.4, 0.5) is 5.95 Å². The molecule has 2 aromatic rings. The number of methoxy groups -OCH3 is 1. The highest BCUT2D eigenvalue weighted by Crippen LogP contribution is 2.27. The minimum absolute atomic E-state index is 0.0846. The second-order valence-electron chi connectivity index (χ2n) is 4.56. The van der Waals surface area contributed by atoms with Crippen LogP contribution < -0.4 is 5.32 Å². The Morgan fingerprint density at radius 3 is 3.05 bits per heavy atom. The maximum atomic E-state index is 11.3. The largest absolute Gasteiger partial charge is 0.469 e. The van der Waals surface area contributed by atoms with Crippen molar-refractivity contribution in [2.24, 2.45) is 0 Å². The summed E-state index contributed by atoms with van der Waals surface area (Å²) in [6.45, 7) is 0.823. The maximum Gasteiger partial charge on any atom is 0.313 e. The number of nitrogens with one attached hydrogen (secondary N) is 1. The third-order valence-electron chi connectivity index (χ3n) is 3.29. The average Bonchev–Trinajstić information content (AvgIpc) is 2.90. The molecule has 3 heterocycles. The molecule has 20 heavy (non-hydrogen) atoms. The first kappa shape index (κ1) is 12.6. The van der Waals surface area contributed by atoms with Crippen LogP contribution in [0.5, 0.6) is 0 Å². The molecule has 7 nitrogen and oxygen atoms in total. The Kier molecular flexibility index (Phi) is 3.32. The van der Waals surface area contributed by atoms with Crippen LogP contribution in [0.3, 0.4) is 0 Å². The second kappa shape index (κ2) is 5.28. The van der Waals surface area contributed by atoms with Crippen molar-refractivity contribution in [2.75, 3.05) is 19.0 Å². The van der Waals surface area contributed by atoms with Crippen molar-refractivity contribution < 1.29 is 9.53 Å². The van der Waals surface area contributed by atoms with E-state index in [0.29, 0.717) is 11.8 Å². The zero-order valence-corrected chi connectivity index (χ0v) is 11.1. The molecule has 0 bridgehead atoms. The number of fused-ring (bicyclic) bond motifs is 1. The fraction of sp³-hybridized carbons (Fsp3) is 0.385. The summed E-state index contributed by atoms with van der Waals surface area (Å²) in [7, 11) is 1.36. The van der Waals surface area contributed by atoms with E-state index in [1.807, 2.05) is 16.8 Å². The molecule has 0 aromatic carbocycles. The first-order valence-corrected chi connectivity index (χ1v) is 6.44. The van der Waals surface area contributed by atoms with Gasteiger partial charge in [0.1, 0.15) is 6.42 Å². The molecule has 0 radical (unpaired) electrons. The summed E-state index contributed by atoms with van der Waals surface area (Å²) in [5, 5.41) is 7.61. The van der Waals surface area contributed by atoms with Gasteiger partial charge >= 0.3 is 5.97 Å². The molecule has 7 heteroatoms. The van der Waals surface area contributed by atoms with Gasteiger partial charge in [0, 0.05) is 18.9 Å². The van der Waals surface area contributed by atoms with Crippen LogP contribution in [-0.2, 0) is 16.0 Å². The number of anilines is 1. The van der Waals surface area contributed by atoms with Crippen molar-refractivity contribution in [1.82, 2.24) is 19.7 Å². The van der Waals surface area contributed by atoms with Crippen molar-refractivity contribution in [3.63, 3.8) is 0 Å². The number of pyridine rings is 1. The lowest BCUT2D eigenvalue weighted by Crippen LogP contribution is -2.24. The van der Waals surface area contributed by atoms with E-state index in [2.05, 4.69) is 25.1 Å². The molecule has 1 unspecified atom stereocenters. The number of rotatable bonds is 3. The number of hydrogen-bond donors (Lipinski definition) is 1. The summed E-state index contributed by atoms with van der Waals surface area (Å²) < 4.78 is 6.47. The molecule has 1 aliphatic heterocycles. The molecule has 0 amide bonds. The number of ether oxygens (including phenoxy) is 1. The first-order chi connectivity index (χ1) is 9.78. The molecule has 1 atom stereocenters. The van der Waals surface area contributed by atoms with E-state index in [1.54, 1.807) is 12.4 Å². The maximum absolute atomic E-state index is 11.3. The van der Waals surface area contributed by atoms with Gasteiger partial charge in [-0.3, -0.25) is 9.78 Å². The second-order valence-corrected chi connectivity index (χ2v) is 4.56.